The Morgan fingerprint density at radius 3 is 2.38 bits per heavy atom. The number of fused-ring (bicyclic) bond motifs is 1. The highest BCUT2D eigenvalue weighted by Gasteiger charge is 2.27. The number of hydrogen-bond donors (Lipinski definition) is 1. The van der Waals surface area contributed by atoms with E-state index in [0.717, 1.165) is 29.1 Å². The second-order valence-electron chi connectivity index (χ2n) is 5.75. The molecule has 0 radical (unpaired) electrons. The predicted octanol–water partition coefficient (Wildman–Crippen LogP) is 3.87. The summed E-state index contributed by atoms with van der Waals surface area (Å²) in [5.41, 5.74) is 3.13. The lowest BCUT2D eigenvalue weighted by Crippen LogP contribution is -2.38. The molecule has 1 N–H and O–H groups in total. The second kappa shape index (κ2) is 5.34. The van der Waals surface area contributed by atoms with Crippen LogP contribution < -0.4 is 5.32 Å². The molecule has 0 aliphatic rings. The third-order valence-electron chi connectivity index (χ3n) is 3.75. The fourth-order valence-corrected chi connectivity index (χ4v) is 2.80. The molecule has 0 unspecified atom stereocenters. The van der Waals surface area contributed by atoms with Crippen LogP contribution in [0.15, 0.2) is 54.6 Å². The third kappa shape index (κ3) is 2.45. The Labute approximate surface area is 125 Å². The molecule has 3 rings (SSSR count). The van der Waals surface area contributed by atoms with Gasteiger partial charge in [-0.15, -0.1) is 0 Å². The quantitative estimate of drug-likeness (QED) is 0.785. The van der Waals surface area contributed by atoms with Crippen LogP contribution in [0.4, 0.5) is 0 Å². The molecule has 3 aromatic rings. The van der Waals surface area contributed by atoms with E-state index < -0.39 is 0 Å². The van der Waals surface area contributed by atoms with E-state index in [1.165, 1.54) is 0 Å². The topological polar surface area (TPSA) is 29.9 Å². The summed E-state index contributed by atoms with van der Waals surface area (Å²) in [4.78, 5) is 4.88. The summed E-state index contributed by atoms with van der Waals surface area (Å²) in [7, 11) is 0. The van der Waals surface area contributed by atoms with Crippen molar-refractivity contribution in [3.63, 3.8) is 0 Å². The van der Waals surface area contributed by atoms with Crippen molar-refractivity contribution in [2.24, 2.45) is 0 Å². The van der Waals surface area contributed by atoms with Crippen LogP contribution in [0.25, 0.3) is 16.7 Å². The van der Waals surface area contributed by atoms with E-state index in [4.69, 9.17) is 4.98 Å². The maximum absolute atomic E-state index is 4.88. The van der Waals surface area contributed by atoms with E-state index in [9.17, 15) is 0 Å². The molecule has 0 bridgehead atoms. The summed E-state index contributed by atoms with van der Waals surface area (Å²) in [6, 6.07) is 18.7. The highest BCUT2D eigenvalue weighted by atomic mass is 15.1. The van der Waals surface area contributed by atoms with Crippen molar-refractivity contribution < 1.29 is 0 Å². The van der Waals surface area contributed by atoms with Gasteiger partial charge >= 0.3 is 0 Å². The third-order valence-corrected chi connectivity index (χ3v) is 3.75. The molecule has 0 saturated carbocycles. The minimum absolute atomic E-state index is 0.191. The van der Waals surface area contributed by atoms with Gasteiger partial charge in [0.2, 0.25) is 0 Å². The molecule has 0 aliphatic carbocycles. The number of nitrogens with one attached hydrogen (secondary N) is 1. The predicted molar refractivity (Wildman–Crippen MR) is 87.8 cm³/mol. The van der Waals surface area contributed by atoms with Gasteiger partial charge in [0.15, 0.2) is 0 Å². The van der Waals surface area contributed by atoms with Crippen LogP contribution in [0.3, 0.4) is 0 Å². The van der Waals surface area contributed by atoms with Crippen molar-refractivity contribution in [2.75, 3.05) is 6.54 Å². The van der Waals surface area contributed by atoms with Gasteiger partial charge in [0.1, 0.15) is 5.82 Å². The molecule has 1 heterocycles. The molecule has 0 saturated heterocycles. The van der Waals surface area contributed by atoms with Gasteiger partial charge in [-0.3, -0.25) is 4.57 Å². The maximum atomic E-state index is 4.88. The molecular weight excluding hydrogens is 258 g/mol. The summed E-state index contributed by atoms with van der Waals surface area (Å²) in [5, 5.41) is 3.53. The van der Waals surface area contributed by atoms with E-state index >= 15 is 0 Å². The molecule has 0 amide bonds. The Morgan fingerprint density at radius 1 is 1.00 bits per heavy atom. The van der Waals surface area contributed by atoms with Crippen molar-refractivity contribution >= 4 is 11.0 Å². The lowest BCUT2D eigenvalue weighted by Gasteiger charge is -2.26. The highest BCUT2D eigenvalue weighted by molar-refractivity contribution is 5.78. The molecule has 108 valence electrons. The molecule has 1 aromatic heterocycles. The number of aromatic nitrogens is 2. The van der Waals surface area contributed by atoms with Crippen molar-refractivity contribution in [3.8, 4) is 5.69 Å². The summed E-state index contributed by atoms with van der Waals surface area (Å²) in [6.07, 6.45) is 0. The van der Waals surface area contributed by atoms with Crippen LogP contribution in [0, 0.1) is 0 Å². The van der Waals surface area contributed by atoms with Crippen molar-refractivity contribution in [3.05, 3.63) is 60.4 Å². The normalized spacial score (nSPS) is 12.0. The summed E-state index contributed by atoms with van der Waals surface area (Å²) < 4.78 is 2.25. The maximum Gasteiger partial charge on any atom is 0.134 e. The monoisotopic (exact) mass is 279 g/mol. The SMILES string of the molecule is CCNC(C)(C)c1nc2ccccc2n1-c1ccccc1. The standard InChI is InChI=1S/C18H21N3/c1-4-19-18(2,3)17-20-15-12-8-9-13-16(15)21(17)14-10-6-5-7-11-14/h5-13,19H,4H2,1-3H3. The first-order valence-corrected chi connectivity index (χ1v) is 7.42. The van der Waals surface area contributed by atoms with E-state index in [-0.39, 0.29) is 5.54 Å². The number of nitrogens with zero attached hydrogens (tertiary/aromatic N) is 2. The van der Waals surface area contributed by atoms with Crippen LogP contribution in [0.2, 0.25) is 0 Å². The fourth-order valence-electron chi connectivity index (χ4n) is 2.80. The zero-order chi connectivity index (χ0) is 14.9. The van der Waals surface area contributed by atoms with Crippen LogP contribution in [0.5, 0.6) is 0 Å². The van der Waals surface area contributed by atoms with Crippen LogP contribution in [0.1, 0.15) is 26.6 Å². The molecule has 3 heteroatoms. The van der Waals surface area contributed by atoms with E-state index in [1.807, 2.05) is 12.1 Å². The molecular formula is C18H21N3. The van der Waals surface area contributed by atoms with Crippen LogP contribution in [-0.2, 0) is 5.54 Å². The second-order valence-corrected chi connectivity index (χ2v) is 5.75. The fraction of sp³-hybridized carbons (Fsp3) is 0.278. The molecule has 0 aliphatic heterocycles. The summed E-state index contributed by atoms with van der Waals surface area (Å²) in [5.74, 6) is 1.04. The van der Waals surface area contributed by atoms with Gasteiger partial charge in [-0.1, -0.05) is 37.3 Å². The molecule has 21 heavy (non-hydrogen) atoms. The van der Waals surface area contributed by atoms with Gasteiger partial charge < -0.3 is 5.32 Å². The minimum atomic E-state index is -0.191. The highest BCUT2D eigenvalue weighted by Crippen LogP contribution is 2.28. The average molecular weight is 279 g/mol. The van der Waals surface area contributed by atoms with Gasteiger partial charge in [0, 0.05) is 5.69 Å². The smallest absolute Gasteiger partial charge is 0.134 e. The van der Waals surface area contributed by atoms with Gasteiger partial charge in [-0.2, -0.15) is 0 Å². The molecule has 0 spiro atoms. The molecule has 0 fully saturated rings. The number of rotatable bonds is 4. The van der Waals surface area contributed by atoms with Gasteiger partial charge in [-0.05, 0) is 44.7 Å². The Hall–Kier alpha value is -2.13. The van der Waals surface area contributed by atoms with Crippen molar-refractivity contribution in [2.45, 2.75) is 26.3 Å². The van der Waals surface area contributed by atoms with E-state index in [0.29, 0.717) is 0 Å². The summed E-state index contributed by atoms with van der Waals surface area (Å²) >= 11 is 0. The van der Waals surface area contributed by atoms with E-state index in [1.54, 1.807) is 0 Å². The first-order chi connectivity index (χ1) is 10.1. The zero-order valence-corrected chi connectivity index (χ0v) is 12.8. The minimum Gasteiger partial charge on any atom is -0.306 e. The van der Waals surface area contributed by atoms with Crippen LogP contribution in [-0.4, -0.2) is 16.1 Å². The number of imidazole rings is 1. The van der Waals surface area contributed by atoms with Crippen LogP contribution >= 0.6 is 0 Å². The van der Waals surface area contributed by atoms with Gasteiger partial charge in [-0.25, -0.2) is 4.98 Å². The number of benzene rings is 2. The first kappa shape index (κ1) is 13.8. The lowest BCUT2D eigenvalue weighted by molar-refractivity contribution is 0.388. The molecule has 0 atom stereocenters. The molecule has 3 nitrogen and oxygen atoms in total. The first-order valence-electron chi connectivity index (χ1n) is 7.42. The molecule has 2 aromatic carbocycles. The number of hydrogen-bond acceptors (Lipinski definition) is 2. The largest absolute Gasteiger partial charge is 0.306 e. The van der Waals surface area contributed by atoms with E-state index in [2.05, 4.69) is 73.1 Å². The van der Waals surface area contributed by atoms with Gasteiger partial charge in [0.25, 0.3) is 0 Å². The Morgan fingerprint density at radius 2 is 1.67 bits per heavy atom. The van der Waals surface area contributed by atoms with Crippen molar-refractivity contribution in [1.29, 1.82) is 0 Å². The summed E-state index contributed by atoms with van der Waals surface area (Å²) in [6.45, 7) is 7.39. The Bertz CT molecular complexity index is 742. The Balaban J connectivity index is 2.29. The lowest BCUT2D eigenvalue weighted by atomic mass is 10.0. The van der Waals surface area contributed by atoms with Crippen molar-refractivity contribution in [1.82, 2.24) is 14.9 Å². The zero-order valence-electron chi connectivity index (χ0n) is 12.8. The van der Waals surface area contributed by atoms with Gasteiger partial charge in [0.05, 0.1) is 16.6 Å². The number of para-hydroxylation sites is 3. The average Bonchev–Trinajstić information content (AvgIpc) is 2.88. The Kier molecular flexibility index (Phi) is 3.52.